The number of nitrogens with zero attached hydrogens (tertiary/aromatic N) is 2. The van der Waals surface area contributed by atoms with E-state index in [4.69, 9.17) is 5.11 Å². The van der Waals surface area contributed by atoms with E-state index in [2.05, 4.69) is 5.10 Å². The second-order valence-electron chi connectivity index (χ2n) is 5.15. The number of carboxylic acid groups (broad SMARTS) is 1. The molecule has 0 bridgehead atoms. The van der Waals surface area contributed by atoms with Gasteiger partial charge in [0.15, 0.2) is 0 Å². The molecule has 4 nitrogen and oxygen atoms in total. The summed E-state index contributed by atoms with van der Waals surface area (Å²) in [7, 11) is 1.64. The second-order valence-corrected chi connectivity index (χ2v) is 5.15. The van der Waals surface area contributed by atoms with Crippen LogP contribution in [0.3, 0.4) is 0 Å². The van der Waals surface area contributed by atoms with Crippen LogP contribution in [0.4, 0.5) is 13.2 Å². The standard InChI is InChI=1S/C15H15F3N2O2/c1-9(14(21)22)6-13-12(8-19-20(13)2)10-4-3-5-11(7-10)15(16,17)18/h3-5,7-9H,6H2,1-2H3,(H,21,22). The smallest absolute Gasteiger partial charge is 0.416 e. The highest BCUT2D eigenvalue weighted by atomic mass is 19.4. The zero-order valence-electron chi connectivity index (χ0n) is 12.1. The molecule has 2 aromatic rings. The van der Waals surface area contributed by atoms with E-state index in [0.717, 1.165) is 12.1 Å². The normalized spacial score (nSPS) is 13.1. The van der Waals surface area contributed by atoms with E-state index in [9.17, 15) is 18.0 Å². The van der Waals surface area contributed by atoms with Crippen molar-refractivity contribution < 1.29 is 23.1 Å². The quantitative estimate of drug-likeness (QED) is 0.941. The van der Waals surface area contributed by atoms with Crippen molar-refractivity contribution in [3.63, 3.8) is 0 Å². The molecule has 0 aliphatic heterocycles. The number of aliphatic carboxylic acids is 1. The molecular weight excluding hydrogens is 297 g/mol. The lowest BCUT2D eigenvalue weighted by atomic mass is 9.98. The van der Waals surface area contributed by atoms with E-state index in [1.54, 1.807) is 20.0 Å². The van der Waals surface area contributed by atoms with Gasteiger partial charge < -0.3 is 5.11 Å². The lowest BCUT2D eigenvalue weighted by Gasteiger charge is -2.11. The molecule has 1 aromatic carbocycles. The Hall–Kier alpha value is -2.31. The molecule has 2 rings (SSSR count). The number of hydrogen-bond acceptors (Lipinski definition) is 2. The fourth-order valence-electron chi connectivity index (χ4n) is 2.19. The van der Waals surface area contributed by atoms with Crippen LogP contribution < -0.4 is 0 Å². The van der Waals surface area contributed by atoms with Crippen LogP contribution in [0, 0.1) is 5.92 Å². The molecule has 0 fully saturated rings. The van der Waals surface area contributed by atoms with Crippen LogP contribution in [-0.2, 0) is 24.4 Å². The van der Waals surface area contributed by atoms with Crippen molar-refractivity contribution in [2.45, 2.75) is 19.5 Å². The van der Waals surface area contributed by atoms with Crippen LogP contribution in [-0.4, -0.2) is 20.9 Å². The van der Waals surface area contributed by atoms with Gasteiger partial charge in [-0.15, -0.1) is 0 Å². The van der Waals surface area contributed by atoms with Gasteiger partial charge in [0.05, 0.1) is 17.7 Å². The second kappa shape index (κ2) is 5.82. The monoisotopic (exact) mass is 312 g/mol. The average molecular weight is 312 g/mol. The molecule has 1 heterocycles. The molecule has 1 unspecified atom stereocenters. The van der Waals surface area contributed by atoms with Gasteiger partial charge in [0.2, 0.25) is 0 Å². The minimum Gasteiger partial charge on any atom is -0.481 e. The fraction of sp³-hybridized carbons (Fsp3) is 0.333. The Morgan fingerprint density at radius 1 is 1.41 bits per heavy atom. The third-order valence-electron chi connectivity index (χ3n) is 3.48. The lowest BCUT2D eigenvalue weighted by molar-refractivity contribution is -0.141. The van der Waals surface area contributed by atoms with E-state index in [0.29, 0.717) is 16.8 Å². The number of halogens is 3. The molecule has 118 valence electrons. The molecule has 0 amide bonds. The maximum Gasteiger partial charge on any atom is 0.416 e. The largest absolute Gasteiger partial charge is 0.481 e. The first-order valence-corrected chi connectivity index (χ1v) is 6.61. The summed E-state index contributed by atoms with van der Waals surface area (Å²) in [4.78, 5) is 11.0. The summed E-state index contributed by atoms with van der Waals surface area (Å²) in [5, 5.41) is 13.0. The molecule has 0 saturated carbocycles. The van der Waals surface area contributed by atoms with Crippen LogP contribution in [0.1, 0.15) is 18.2 Å². The van der Waals surface area contributed by atoms with Gasteiger partial charge >= 0.3 is 12.1 Å². The molecule has 7 heteroatoms. The van der Waals surface area contributed by atoms with Crippen molar-refractivity contribution in [1.29, 1.82) is 0 Å². The van der Waals surface area contributed by atoms with Crippen LogP contribution in [0.25, 0.3) is 11.1 Å². The third-order valence-corrected chi connectivity index (χ3v) is 3.48. The Morgan fingerprint density at radius 2 is 2.09 bits per heavy atom. The summed E-state index contributed by atoms with van der Waals surface area (Å²) in [6.07, 6.45) is -2.77. The number of benzene rings is 1. The van der Waals surface area contributed by atoms with E-state index >= 15 is 0 Å². The summed E-state index contributed by atoms with van der Waals surface area (Å²) in [5.41, 5.74) is 0.734. The molecule has 22 heavy (non-hydrogen) atoms. The van der Waals surface area contributed by atoms with E-state index in [1.165, 1.54) is 16.9 Å². The number of carbonyl (C=O) groups is 1. The predicted octanol–water partition coefficient (Wildman–Crippen LogP) is 3.37. The van der Waals surface area contributed by atoms with Crippen LogP contribution >= 0.6 is 0 Å². The van der Waals surface area contributed by atoms with Gasteiger partial charge in [0.1, 0.15) is 0 Å². The highest BCUT2D eigenvalue weighted by Gasteiger charge is 2.30. The topological polar surface area (TPSA) is 55.1 Å². The molecule has 0 saturated heterocycles. The van der Waals surface area contributed by atoms with Crippen LogP contribution in [0.15, 0.2) is 30.5 Å². The Balaban J connectivity index is 2.44. The number of rotatable bonds is 4. The fourth-order valence-corrected chi connectivity index (χ4v) is 2.19. The van der Waals surface area contributed by atoms with Crippen molar-refractivity contribution in [2.75, 3.05) is 0 Å². The van der Waals surface area contributed by atoms with Gasteiger partial charge in [-0.1, -0.05) is 19.1 Å². The Bertz CT molecular complexity index is 692. The van der Waals surface area contributed by atoms with Gasteiger partial charge in [-0.05, 0) is 17.7 Å². The maximum atomic E-state index is 12.8. The molecule has 1 N–H and O–H groups in total. The van der Waals surface area contributed by atoms with Crippen molar-refractivity contribution in [2.24, 2.45) is 13.0 Å². The van der Waals surface area contributed by atoms with Gasteiger partial charge in [-0.3, -0.25) is 9.48 Å². The number of hydrogen-bond donors (Lipinski definition) is 1. The average Bonchev–Trinajstić information content (AvgIpc) is 2.79. The van der Waals surface area contributed by atoms with Crippen molar-refractivity contribution in [3.05, 3.63) is 41.7 Å². The Kier molecular flexibility index (Phi) is 4.25. The summed E-state index contributed by atoms with van der Waals surface area (Å²) in [6, 6.07) is 4.93. The third kappa shape index (κ3) is 3.29. The van der Waals surface area contributed by atoms with Crippen molar-refractivity contribution in [3.8, 4) is 11.1 Å². The van der Waals surface area contributed by atoms with Crippen LogP contribution in [0.2, 0.25) is 0 Å². The first kappa shape index (κ1) is 16.1. The molecule has 0 spiro atoms. The molecule has 0 aliphatic rings. The maximum absolute atomic E-state index is 12.8. The van der Waals surface area contributed by atoms with Gasteiger partial charge in [0.25, 0.3) is 0 Å². The minimum atomic E-state index is -4.42. The number of aromatic nitrogens is 2. The number of aryl methyl sites for hydroxylation is 1. The molecule has 1 aromatic heterocycles. The van der Waals surface area contributed by atoms with Crippen LogP contribution in [0.5, 0.6) is 0 Å². The van der Waals surface area contributed by atoms with Crippen molar-refractivity contribution >= 4 is 5.97 Å². The minimum absolute atomic E-state index is 0.192. The summed E-state index contributed by atoms with van der Waals surface area (Å²) in [6.45, 7) is 1.55. The number of alkyl halides is 3. The lowest BCUT2D eigenvalue weighted by Crippen LogP contribution is -2.15. The highest BCUT2D eigenvalue weighted by Crippen LogP contribution is 2.33. The van der Waals surface area contributed by atoms with Gasteiger partial charge in [-0.25, -0.2) is 0 Å². The molecular formula is C15H15F3N2O2. The number of carboxylic acids is 1. The summed E-state index contributed by atoms with van der Waals surface area (Å²) >= 11 is 0. The van der Waals surface area contributed by atoms with Crippen molar-refractivity contribution in [1.82, 2.24) is 9.78 Å². The first-order valence-electron chi connectivity index (χ1n) is 6.61. The molecule has 0 aliphatic carbocycles. The molecule has 0 radical (unpaired) electrons. The van der Waals surface area contributed by atoms with E-state index in [-0.39, 0.29) is 6.42 Å². The Labute approximate surface area is 125 Å². The Morgan fingerprint density at radius 3 is 2.68 bits per heavy atom. The predicted molar refractivity (Wildman–Crippen MR) is 74.1 cm³/mol. The molecule has 1 atom stereocenters. The zero-order chi connectivity index (χ0) is 16.5. The van der Waals surface area contributed by atoms with E-state index in [1.807, 2.05) is 0 Å². The van der Waals surface area contributed by atoms with Gasteiger partial charge in [0, 0.05) is 24.7 Å². The highest BCUT2D eigenvalue weighted by molar-refractivity contribution is 5.71. The first-order chi connectivity index (χ1) is 10.2. The SMILES string of the molecule is CC(Cc1c(-c2cccc(C(F)(F)F)c2)cnn1C)C(=O)O. The van der Waals surface area contributed by atoms with E-state index < -0.39 is 23.6 Å². The zero-order valence-corrected chi connectivity index (χ0v) is 12.1. The summed E-state index contributed by atoms with van der Waals surface area (Å²) < 4.78 is 39.9. The summed E-state index contributed by atoms with van der Waals surface area (Å²) in [5.74, 6) is -1.61. The van der Waals surface area contributed by atoms with Gasteiger partial charge in [-0.2, -0.15) is 18.3 Å².